The Labute approximate surface area is 160 Å². The number of rotatable bonds is 4. The molecule has 2 unspecified atom stereocenters. The molecule has 6 nitrogen and oxygen atoms in total. The molecule has 2 atom stereocenters. The van der Waals surface area contributed by atoms with Crippen LogP contribution in [0.1, 0.15) is 44.1 Å². The summed E-state index contributed by atoms with van der Waals surface area (Å²) in [6, 6.07) is 6.18. The van der Waals surface area contributed by atoms with E-state index in [4.69, 9.17) is 14.6 Å². The van der Waals surface area contributed by atoms with Crippen molar-refractivity contribution in [3.05, 3.63) is 23.8 Å². The molecule has 1 N–H and O–H groups in total. The summed E-state index contributed by atoms with van der Waals surface area (Å²) in [6.07, 6.45) is 6.22. The molecule has 1 aliphatic carbocycles. The quantitative estimate of drug-likeness (QED) is 0.884. The van der Waals surface area contributed by atoms with Crippen molar-refractivity contribution in [3.8, 4) is 11.5 Å². The fourth-order valence-corrected chi connectivity index (χ4v) is 4.74. The van der Waals surface area contributed by atoms with Crippen LogP contribution in [-0.2, 0) is 4.79 Å². The van der Waals surface area contributed by atoms with E-state index in [1.165, 1.54) is 0 Å². The molecule has 1 aromatic carbocycles. The summed E-state index contributed by atoms with van der Waals surface area (Å²) in [5, 5.41) is 10.1. The highest BCUT2D eigenvalue weighted by Crippen LogP contribution is 2.40. The van der Waals surface area contributed by atoms with Gasteiger partial charge in [0.05, 0.1) is 26.0 Å². The lowest BCUT2D eigenvalue weighted by molar-refractivity contribution is -0.142. The van der Waals surface area contributed by atoms with Crippen LogP contribution in [0, 0.1) is 11.8 Å². The van der Waals surface area contributed by atoms with Gasteiger partial charge in [0.2, 0.25) is 5.91 Å². The number of nitrogens with zero attached hydrogens (tertiary/aromatic N) is 2. The van der Waals surface area contributed by atoms with Gasteiger partial charge < -0.3 is 14.8 Å². The average Bonchev–Trinajstić information content (AvgIpc) is 2.74. The van der Waals surface area contributed by atoms with Crippen LogP contribution >= 0.6 is 0 Å². The van der Waals surface area contributed by atoms with Gasteiger partial charge in [-0.2, -0.15) is 5.10 Å². The van der Waals surface area contributed by atoms with Gasteiger partial charge in [-0.25, -0.2) is 5.01 Å². The van der Waals surface area contributed by atoms with Crippen molar-refractivity contribution in [2.24, 2.45) is 16.9 Å². The highest BCUT2D eigenvalue weighted by molar-refractivity contribution is 6.07. The Kier molecular flexibility index (Phi) is 5.34. The van der Waals surface area contributed by atoms with E-state index in [0.717, 1.165) is 62.9 Å². The van der Waals surface area contributed by atoms with E-state index in [1.54, 1.807) is 14.2 Å². The normalized spacial score (nSPS) is 26.4. The third-order valence-electron chi connectivity index (χ3n) is 6.21. The summed E-state index contributed by atoms with van der Waals surface area (Å²) in [5.41, 5.74) is 2.08. The molecule has 1 saturated heterocycles. The standard InChI is InChI=1S/C21H29N3O3/c1-26-18-8-7-14(13-19(18)27-2)20-16-5-3-4-6-17(16)21(25)24(23-20)15-9-11-22-12-10-15/h7-8,13,15-17,22H,3-6,9-12H2,1-2H3. The van der Waals surface area contributed by atoms with Crippen LogP contribution in [0.4, 0.5) is 0 Å². The van der Waals surface area contributed by atoms with Crippen molar-refractivity contribution in [3.63, 3.8) is 0 Å². The number of hydrogen-bond donors (Lipinski definition) is 1. The number of methoxy groups -OCH3 is 2. The Morgan fingerprint density at radius 1 is 1.00 bits per heavy atom. The smallest absolute Gasteiger partial charge is 0.246 e. The Hall–Kier alpha value is -2.08. The molecule has 3 aliphatic rings. The molecule has 0 spiro atoms. The van der Waals surface area contributed by atoms with Gasteiger partial charge in [-0.05, 0) is 57.0 Å². The molecule has 2 aliphatic heterocycles. The molecule has 27 heavy (non-hydrogen) atoms. The maximum absolute atomic E-state index is 13.2. The zero-order valence-electron chi connectivity index (χ0n) is 16.2. The van der Waals surface area contributed by atoms with Gasteiger partial charge in [0, 0.05) is 17.4 Å². The van der Waals surface area contributed by atoms with E-state index in [-0.39, 0.29) is 23.8 Å². The number of fused-ring (bicyclic) bond motifs is 1. The third kappa shape index (κ3) is 3.43. The van der Waals surface area contributed by atoms with E-state index < -0.39 is 0 Å². The minimum absolute atomic E-state index is 0.0641. The van der Waals surface area contributed by atoms with Gasteiger partial charge >= 0.3 is 0 Å². The maximum atomic E-state index is 13.2. The second-order valence-electron chi connectivity index (χ2n) is 7.72. The van der Waals surface area contributed by atoms with Crippen LogP contribution in [0.5, 0.6) is 11.5 Å². The van der Waals surface area contributed by atoms with Crippen LogP contribution in [0.3, 0.4) is 0 Å². The van der Waals surface area contributed by atoms with Gasteiger partial charge in [-0.3, -0.25) is 4.79 Å². The number of benzene rings is 1. The highest BCUT2D eigenvalue weighted by Gasteiger charge is 2.43. The molecule has 1 aromatic rings. The van der Waals surface area contributed by atoms with Crippen LogP contribution in [0.25, 0.3) is 0 Å². The largest absolute Gasteiger partial charge is 0.493 e. The van der Waals surface area contributed by atoms with Crippen molar-refractivity contribution < 1.29 is 14.3 Å². The van der Waals surface area contributed by atoms with Gasteiger partial charge in [0.25, 0.3) is 0 Å². The van der Waals surface area contributed by atoms with Gasteiger partial charge in [-0.1, -0.05) is 12.8 Å². The fraction of sp³-hybridized carbons (Fsp3) is 0.619. The van der Waals surface area contributed by atoms with Crippen LogP contribution in [0.2, 0.25) is 0 Å². The molecule has 6 heteroatoms. The topological polar surface area (TPSA) is 63.2 Å². The number of carbonyl (C=O) groups excluding carboxylic acids is 1. The summed E-state index contributed by atoms with van der Waals surface area (Å²) in [5.74, 6) is 1.92. The second kappa shape index (κ2) is 7.89. The van der Waals surface area contributed by atoms with E-state index >= 15 is 0 Å². The molecule has 1 saturated carbocycles. The lowest BCUT2D eigenvalue weighted by Crippen LogP contribution is -2.52. The fourth-order valence-electron chi connectivity index (χ4n) is 4.74. The predicted octanol–water partition coefficient (Wildman–Crippen LogP) is 2.81. The maximum Gasteiger partial charge on any atom is 0.246 e. The Morgan fingerprint density at radius 3 is 2.41 bits per heavy atom. The van der Waals surface area contributed by atoms with Crippen molar-refractivity contribution in [2.45, 2.75) is 44.6 Å². The molecule has 2 heterocycles. The van der Waals surface area contributed by atoms with Gasteiger partial charge in [0.15, 0.2) is 11.5 Å². The number of carbonyl (C=O) groups is 1. The first kappa shape index (κ1) is 18.3. The molecular formula is C21H29N3O3. The Balaban J connectivity index is 1.74. The molecule has 0 bridgehead atoms. The molecule has 0 aromatic heterocycles. The summed E-state index contributed by atoms with van der Waals surface area (Å²) >= 11 is 0. The number of hydrogen-bond acceptors (Lipinski definition) is 5. The summed E-state index contributed by atoms with van der Waals surface area (Å²) < 4.78 is 10.9. The second-order valence-corrected chi connectivity index (χ2v) is 7.72. The molecule has 4 rings (SSSR count). The van der Waals surface area contributed by atoms with Crippen molar-refractivity contribution in [1.82, 2.24) is 10.3 Å². The zero-order valence-corrected chi connectivity index (χ0v) is 16.2. The van der Waals surface area contributed by atoms with Crippen molar-refractivity contribution in [2.75, 3.05) is 27.3 Å². The Morgan fingerprint density at radius 2 is 1.70 bits per heavy atom. The molecule has 1 amide bonds. The van der Waals surface area contributed by atoms with Crippen molar-refractivity contribution in [1.29, 1.82) is 0 Å². The first-order valence-electron chi connectivity index (χ1n) is 10.1. The lowest BCUT2D eigenvalue weighted by atomic mass is 9.73. The number of amides is 1. The minimum atomic E-state index is 0.0641. The highest BCUT2D eigenvalue weighted by atomic mass is 16.5. The average molecular weight is 371 g/mol. The number of nitrogens with one attached hydrogen (secondary N) is 1. The third-order valence-corrected chi connectivity index (χ3v) is 6.21. The monoisotopic (exact) mass is 371 g/mol. The van der Waals surface area contributed by atoms with E-state index in [1.807, 2.05) is 23.2 Å². The van der Waals surface area contributed by atoms with E-state index in [0.29, 0.717) is 11.5 Å². The summed E-state index contributed by atoms with van der Waals surface area (Å²) in [6.45, 7) is 1.90. The summed E-state index contributed by atoms with van der Waals surface area (Å²) in [7, 11) is 3.29. The van der Waals surface area contributed by atoms with Crippen LogP contribution in [-0.4, -0.2) is 50.0 Å². The molecule has 0 radical (unpaired) electrons. The first-order valence-corrected chi connectivity index (χ1v) is 10.1. The van der Waals surface area contributed by atoms with Gasteiger partial charge in [0.1, 0.15) is 0 Å². The van der Waals surface area contributed by atoms with E-state index in [2.05, 4.69) is 5.32 Å². The van der Waals surface area contributed by atoms with E-state index in [9.17, 15) is 4.79 Å². The first-order chi connectivity index (χ1) is 13.2. The molecule has 146 valence electrons. The van der Waals surface area contributed by atoms with Crippen LogP contribution < -0.4 is 14.8 Å². The van der Waals surface area contributed by atoms with Crippen LogP contribution in [0.15, 0.2) is 23.3 Å². The number of hydrazone groups is 1. The lowest BCUT2D eigenvalue weighted by Gasteiger charge is -2.42. The molecule has 2 fully saturated rings. The predicted molar refractivity (Wildman–Crippen MR) is 104 cm³/mol. The Bertz CT molecular complexity index is 727. The zero-order chi connectivity index (χ0) is 18.8. The minimum Gasteiger partial charge on any atom is -0.493 e. The number of ether oxygens (including phenoxy) is 2. The van der Waals surface area contributed by atoms with Crippen molar-refractivity contribution >= 4 is 11.6 Å². The summed E-state index contributed by atoms with van der Waals surface area (Å²) in [4.78, 5) is 13.2. The molecular weight excluding hydrogens is 342 g/mol. The SMILES string of the molecule is COc1ccc(C2=NN(C3CCNCC3)C(=O)C3CCCCC23)cc1OC. The number of piperidine rings is 1. The van der Waals surface area contributed by atoms with Gasteiger partial charge in [-0.15, -0.1) is 0 Å².